The van der Waals surface area contributed by atoms with E-state index in [2.05, 4.69) is 17.3 Å². The lowest BCUT2D eigenvalue weighted by molar-refractivity contribution is 1.45. The molecule has 2 heteroatoms. The van der Waals surface area contributed by atoms with Crippen molar-refractivity contribution in [3.05, 3.63) is 36.0 Å². The monoisotopic (exact) mass is 141 g/mol. The predicted molar refractivity (Wildman–Crippen MR) is 41.8 cm³/mol. The Hall–Kier alpha value is -1.75. The number of rotatable bonds is 0. The molecule has 1 heterocycles. The van der Waals surface area contributed by atoms with Crippen molar-refractivity contribution in [2.45, 2.75) is 0 Å². The maximum atomic E-state index is 8.56. The van der Waals surface area contributed by atoms with Crippen molar-refractivity contribution in [1.82, 2.24) is 4.98 Å². The van der Waals surface area contributed by atoms with Crippen LogP contribution in [0.15, 0.2) is 24.3 Å². The summed E-state index contributed by atoms with van der Waals surface area (Å²) in [5.41, 5.74) is 1.70. The Kier molecular flexibility index (Phi) is 1.16. The molecule has 0 unspecified atom stereocenters. The Balaban J connectivity index is 2.79. The van der Waals surface area contributed by atoms with Crippen molar-refractivity contribution in [3.8, 4) is 6.07 Å². The third-order valence-electron chi connectivity index (χ3n) is 1.62. The fraction of sp³-hybridized carbons (Fsp3) is 0. The fourth-order valence-corrected chi connectivity index (χ4v) is 1.06. The molecule has 1 radical (unpaired) electrons. The van der Waals surface area contributed by atoms with Gasteiger partial charge in [0.2, 0.25) is 0 Å². The molecular weight excluding hydrogens is 136 g/mol. The van der Waals surface area contributed by atoms with Crippen LogP contribution in [0.5, 0.6) is 0 Å². The summed E-state index contributed by atoms with van der Waals surface area (Å²) < 4.78 is 0. The summed E-state index contributed by atoms with van der Waals surface area (Å²) in [5.74, 6) is 0. The van der Waals surface area contributed by atoms with Crippen LogP contribution in [0.1, 0.15) is 5.56 Å². The van der Waals surface area contributed by atoms with E-state index in [1.807, 2.05) is 18.2 Å². The normalized spacial score (nSPS) is 9.73. The molecule has 51 valence electrons. The van der Waals surface area contributed by atoms with E-state index in [0.717, 1.165) is 10.9 Å². The first-order valence-electron chi connectivity index (χ1n) is 3.29. The first-order chi connectivity index (χ1) is 5.40. The van der Waals surface area contributed by atoms with Crippen LogP contribution in [0.25, 0.3) is 10.9 Å². The highest BCUT2D eigenvalue weighted by Gasteiger charge is 1.94. The molecule has 0 atom stereocenters. The molecule has 2 aromatic rings. The molecule has 2 nitrogen and oxygen atoms in total. The molecule has 0 spiro atoms. The zero-order valence-corrected chi connectivity index (χ0v) is 5.76. The number of fused-ring (bicyclic) bond motifs is 1. The van der Waals surface area contributed by atoms with E-state index >= 15 is 0 Å². The lowest BCUT2D eigenvalue weighted by Gasteiger charge is -1.88. The quantitative estimate of drug-likeness (QED) is 0.597. The number of aromatic amines is 1. The molecule has 0 bridgehead atoms. The summed E-state index contributed by atoms with van der Waals surface area (Å²) in [6.07, 6.45) is 2.85. The zero-order chi connectivity index (χ0) is 7.68. The number of nitriles is 1. The second-order valence-corrected chi connectivity index (χ2v) is 2.33. The summed E-state index contributed by atoms with van der Waals surface area (Å²) in [6, 6.07) is 9.41. The maximum Gasteiger partial charge on any atom is 0.0991 e. The topological polar surface area (TPSA) is 39.6 Å². The van der Waals surface area contributed by atoms with E-state index in [1.54, 1.807) is 6.07 Å². The molecule has 2 rings (SSSR count). The van der Waals surface area contributed by atoms with Crippen LogP contribution in [-0.2, 0) is 0 Å². The number of nitrogens with one attached hydrogen (secondary N) is 1. The first kappa shape index (κ1) is 5.99. The molecule has 0 fully saturated rings. The summed E-state index contributed by atoms with van der Waals surface area (Å²) >= 11 is 0. The average Bonchev–Trinajstić information content (AvgIpc) is 2.50. The largest absolute Gasteiger partial charge is 0.353 e. The summed E-state index contributed by atoms with van der Waals surface area (Å²) in [7, 11) is 0. The van der Waals surface area contributed by atoms with E-state index < -0.39 is 0 Å². The van der Waals surface area contributed by atoms with Gasteiger partial charge in [-0.3, -0.25) is 0 Å². The van der Waals surface area contributed by atoms with Gasteiger partial charge in [0, 0.05) is 10.9 Å². The predicted octanol–water partition coefficient (Wildman–Crippen LogP) is 1.84. The highest BCUT2D eigenvalue weighted by molar-refractivity contribution is 5.80. The highest BCUT2D eigenvalue weighted by Crippen LogP contribution is 2.12. The van der Waals surface area contributed by atoms with Crippen LogP contribution in [0.4, 0.5) is 0 Å². The van der Waals surface area contributed by atoms with Crippen LogP contribution in [0, 0.1) is 17.5 Å². The minimum Gasteiger partial charge on any atom is -0.353 e. The van der Waals surface area contributed by atoms with Gasteiger partial charge in [0.05, 0.1) is 17.8 Å². The van der Waals surface area contributed by atoms with Crippen molar-refractivity contribution in [2.24, 2.45) is 0 Å². The molecule has 0 saturated heterocycles. The van der Waals surface area contributed by atoms with E-state index in [4.69, 9.17) is 5.26 Å². The lowest BCUT2D eigenvalue weighted by Crippen LogP contribution is -1.72. The second kappa shape index (κ2) is 2.14. The van der Waals surface area contributed by atoms with E-state index in [-0.39, 0.29) is 0 Å². The second-order valence-electron chi connectivity index (χ2n) is 2.33. The standard InChI is InChI=1S/C9H5N2/c10-6-7-1-2-9-8(5-7)3-4-11-9/h1-3,5,11H. The van der Waals surface area contributed by atoms with Crippen LogP contribution < -0.4 is 0 Å². The van der Waals surface area contributed by atoms with Crippen molar-refractivity contribution in [1.29, 1.82) is 5.26 Å². The lowest BCUT2D eigenvalue weighted by atomic mass is 10.2. The van der Waals surface area contributed by atoms with Gasteiger partial charge in [0.1, 0.15) is 0 Å². The van der Waals surface area contributed by atoms with E-state index in [0.29, 0.717) is 5.56 Å². The highest BCUT2D eigenvalue weighted by atomic mass is 14.7. The Morgan fingerprint density at radius 2 is 2.36 bits per heavy atom. The van der Waals surface area contributed by atoms with Crippen molar-refractivity contribution >= 4 is 10.9 Å². The van der Waals surface area contributed by atoms with Crippen molar-refractivity contribution in [3.63, 3.8) is 0 Å². The maximum absolute atomic E-state index is 8.56. The molecule has 0 aliphatic rings. The van der Waals surface area contributed by atoms with Crippen LogP contribution in [-0.4, -0.2) is 4.98 Å². The number of benzene rings is 1. The van der Waals surface area contributed by atoms with Gasteiger partial charge in [-0.15, -0.1) is 0 Å². The fourth-order valence-electron chi connectivity index (χ4n) is 1.06. The minimum atomic E-state index is 0.686. The van der Waals surface area contributed by atoms with Crippen molar-refractivity contribution in [2.75, 3.05) is 0 Å². The number of nitrogens with zero attached hydrogens (tertiary/aromatic N) is 1. The zero-order valence-electron chi connectivity index (χ0n) is 5.76. The van der Waals surface area contributed by atoms with E-state index in [9.17, 15) is 0 Å². The molecule has 1 aromatic carbocycles. The Bertz CT molecular complexity index is 420. The summed E-state index contributed by atoms with van der Waals surface area (Å²) in [6.45, 7) is 0. The van der Waals surface area contributed by atoms with Gasteiger partial charge in [-0.2, -0.15) is 5.26 Å². The molecule has 0 aliphatic heterocycles. The summed E-state index contributed by atoms with van der Waals surface area (Å²) in [4.78, 5) is 2.94. The molecule has 1 aromatic heterocycles. The van der Waals surface area contributed by atoms with Crippen molar-refractivity contribution < 1.29 is 0 Å². The van der Waals surface area contributed by atoms with Crippen LogP contribution >= 0.6 is 0 Å². The molecule has 11 heavy (non-hydrogen) atoms. The molecular formula is C9H5N2. The smallest absolute Gasteiger partial charge is 0.0991 e. The minimum absolute atomic E-state index is 0.686. The average molecular weight is 141 g/mol. The Morgan fingerprint density at radius 3 is 3.18 bits per heavy atom. The Morgan fingerprint density at radius 1 is 1.45 bits per heavy atom. The molecule has 1 N–H and O–H groups in total. The van der Waals surface area contributed by atoms with E-state index in [1.165, 1.54) is 0 Å². The first-order valence-corrected chi connectivity index (χ1v) is 3.29. The van der Waals surface area contributed by atoms with Gasteiger partial charge in [0.25, 0.3) is 0 Å². The third kappa shape index (κ3) is 0.870. The summed E-state index contributed by atoms with van der Waals surface area (Å²) in [5, 5.41) is 9.60. The van der Waals surface area contributed by atoms with Gasteiger partial charge in [-0.05, 0) is 24.3 Å². The van der Waals surface area contributed by atoms with Crippen LogP contribution in [0.3, 0.4) is 0 Å². The number of hydrogen-bond donors (Lipinski definition) is 1. The number of hydrogen-bond acceptors (Lipinski definition) is 1. The Labute approximate surface area is 64.1 Å². The van der Waals surface area contributed by atoms with Gasteiger partial charge < -0.3 is 4.98 Å². The van der Waals surface area contributed by atoms with Gasteiger partial charge in [-0.25, -0.2) is 0 Å². The molecule has 0 saturated carbocycles. The molecule has 0 amide bonds. The van der Waals surface area contributed by atoms with Gasteiger partial charge in [-0.1, -0.05) is 0 Å². The van der Waals surface area contributed by atoms with Crippen LogP contribution in [0.2, 0.25) is 0 Å². The van der Waals surface area contributed by atoms with Gasteiger partial charge in [0.15, 0.2) is 0 Å². The SMILES string of the molecule is N#Cc1ccc2[nH][c]cc2c1. The molecule has 0 aliphatic carbocycles. The van der Waals surface area contributed by atoms with Gasteiger partial charge >= 0.3 is 0 Å². The number of aromatic nitrogens is 1. The number of H-pyrrole nitrogens is 1. The third-order valence-corrected chi connectivity index (χ3v) is 1.62.